The first-order chi connectivity index (χ1) is 15.5. The zero-order valence-corrected chi connectivity index (χ0v) is 18.8. The van der Waals surface area contributed by atoms with E-state index in [0.717, 1.165) is 46.5 Å². The molecule has 5 heteroatoms. The number of rotatable bonds is 3. The molecule has 4 aromatic rings. The van der Waals surface area contributed by atoms with Gasteiger partial charge in [-0.25, -0.2) is 4.98 Å². The van der Waals surface area contributed by atoms with Crippen molar-refractivity contribution in [1.29, 1.82) is 5.26 Å². The molecule has 0 amide bonds. The van der Waals surface area contributed by atoms with Gasteiger partial charge in [-0.2, -0.15) is 5.26 Å². The summed E-state index contributed by atoms with van der Waals surface area (Å²) in [6, 6.07) is 21.8. The van der Waals surface area contributed by atoms with E-state index in [2.05, 4.69) is 77.7 Å². The highest BCUT2D eigenvalue weighted by molar-refractivity contribution is 5.92. The van der Waals surface area contributed by atoms with Crippen LogP contribution in [0.2, 0.25) is 0 Å². The van der Waals surface area contributed by atoms with Crippen molar-refractivity contribution in [2.75, 3.05) is 32.1 Å². The molecule has 0 bridgehead atoms. The number of fused-ring (bicyclic) bond motifs is 3. The molecule has 1 saturated carbocycles. The SMILES string of the molecule is Cc1c(-c2ccccc2)c(N2C[C@@H](N(C)C)C3(CC3)C2)n2c(nc3ccccc32)c1C#N. The Kier molecular flexibility index (Phi) is 4.12. The number of likely N-dealkylation sites (N-methyl/N-ethyl adjacent to an activating group) is 1. The van der Waals surface area contributed by atoms with Crippen molar-refractivity contribution in [2.45, 2.75) is 25.8 Å². The third-order valence-corrected chi connectivity index (χ3v) is 7.57. The first-order valence-electron chi connectivity index (χ1n) is 11.3. The lowest BCUT2D eigenvalue weighted by Crippen LogP contribution is -2.36. The van der Waals surface area contributed by atoms with Crippen LogP contribution in [-0.4, -0.2) is 47.5 Å². The van der Waals surface area contributed by atoms with E-state index in [1.54, 1.807) is 0 Å². The topological polar surface area (TPSA) is 47.6 Å². The van der Waals surface area contributed by atoms with Gasteiger partial charge < -0.3 is 9.80 Å². The molecule has 0 N–H and O–H groups in total. The van der Waals surface area contributed by atoms with Gasteiger partial charge in [0.15, 0.2) is 5.65 Å². The molecule has 1 atom stereocenters. The maximum absolute atomic E-state index is 10.2. The molecule has 0 radical (unpaired) electrons. The molecule has 6 rings (SSSR count). The second-order valence-corrected chi connectivity index (χ2v) is 9.66. The Hall–Kier alpha value is -3.36. The van der Waals surface area contributed by atoms with Crippen molar-refractivity contribution in [3.8, 4) is 17.2 Å². The molecule has 2 aromatic heterocycles. The lowest BCUT2D eigenvalue weighted by Gasteiger charge is -2.27. The number of para-hydroxylation sites is 2. The van der Waals surface area contributed by atoms with Gasteiger partial charge in [-0.15, -0.1) is 0 Å². The third kappa shape index (κ3) is 2.63. The van der Waals surface area contributed by atoms with Crippen molar-refractivity contribution in [3.05, 3.63) is 65.7 Å². The number of pyridine rings is 1. The van der Waals surface area contributed by atoms with Crippen molar-refractivity contribution >= 4 is 22.5 Å². The average molecular weight is 422 g/mol. The molecular formula is C27H27N5. The van der Waals surface area contributed by atoms with Gasteiger partial charge in [-0.3, -0.25) is 4.40 Å². The number of nitrogens with zero attached hydrogens (tertiary/aromatic N) is 5. The lowest BCUT2D eigenvalue weighted by atomic mass is 9.97. The van der Waals surface area contributed by atoms with E-state index in [1.807, 2.05) is 18.2 Å². The second kappa shape index (κ2) is 6.82. The van der Waals surface area contributed by atoms with Crippen LogP contribution in [0.3, 0.4) is 0 Å². The number of nitriles is 1. The van der Waals surface area contributed by atoms with Gasteiger partial charge in [0.05, 0.1) is 16.6 Å². The van der Waals surface area contributed by atoms with Gasteiger partial charge in [0.25, 0.3) is 0 Å². The summed E-state index contributed by atoms with van der Waals surface area (Å²) < 4.78 is 2.25. The molecule has 32 heavy (non-hydrogen) atoms. The molecule has 160 valence electrons. The predicted molar refractivity (Wildman–Crippen MR) is 129 cm³/mol. The van der Waals surface area contributed by atoms with Crippen LogP contribution in [0.15, 0.2) is 54.6 Å². The first kappa shape index (κ1) is 19.3. The van der Waals surface area contributed by atoms with E-state index < -0.39 is 0 Å². The summed E-state index contributed by atoms with van der Waals surface area (Å²) in [5.74, 6) is 1.17. The van der Waals surface area contributed by atoms with Crippen LogP contribution in [0.4, 0.5) is 5.82 Å². The van der Waals surface area contributed by atoms with Crippen molar-refractivity contribution in [3.63, 3.8) is 0 Å². The minimum Gasteiger partial charge on any atom is -0.355 e. The van der Waals surface area contributed by atoms with E-state index in [1.165, 1.54) is 18.7 Å². The fraction of sp³-hybridized carbons (Fsp3) is 0.333. The molecule has 2 aromatic carbocycles. The summed E-state index contributed by atoms with van der Waals surface area (Å²) in [5.41, 5.74) is 7.09. The van der Waals surface area contributed by atoms with E-state index in [0.29, 0.717) is 17.0 Å². The normalized spacial score (nSPS) is 19.3. The Bertz CT molecular complexity index is 1390. The zero-order valence-electron chi connectivity index (χ0n) is 18.8. The molecule has 0 unspecified atom stereocenters. The van der Waals surface area contributed by atoms with Crippen LogP contribution in [-0.2, 0) is 0 Å². The molecular weight excluding hydrogens is 394 g/mol. The van der Waals surface area contributed by atoms with Gasteiger partial charge in [-0.1, -0.05) is 42.5 Å². The standard InChI is InChI=1S/C27H27N5/c1-18-20(15-28)25-29-21-11-7-8-12-22(21)32(25)26(24(18)19-9-5-4-6-10-19)31-16-23(30(2)3)27(17-31)13-14-27/h4-12,23H,13-14,16-17H2,1-3H3/t23-/m1/s1. The van der Waals surface area contributed by atoms with Crippen molar-refractivity contribution in [1.82, 2.24) is 14.3 Å². The van der Waals surface area contributed by atoms with Crippen molar-refractivity contribution in [2.24, 2.45) is 5.41 Å². The lowest BCUT2D eigenvalue weighted by molar-refractivity contribution is 0.241. The highest BCUT2D eigenvalue weighted by Crippen LogP contribution is 2.56. The molecule has 1 spiro atoms. The van der Waals surface area contributed by atoms with Gasteiger partial charge in [0.1, 0.15) is 11.9 Å². The number of aromatic nitrogens is 2. The fourth-order valence-corrected chi connectivity index (χ4v) is 5.84. The van der Waals surface area contributed by atoms with Gasteiger partial charge in [0.2, 0.25) is 0 Å². The minimum atomic E-state index is 0.377. The largest absolute Gasteiger partial charge is 0.355 e. The monoisotopic (exact) mass is 421 g/mol. The van der Waals surface area contributed by atoms with Crippen LogP contribution < -0.4 is 4.90 Å². The maximum Gasteiger partial charge on any atom is 0.157 e. The van der Waals surface area contributed by atoms with E-state index in [9.17, 15) is 5.26 Å². The fourth-order valence-electron chi connectivity index (χ4n) is 5.84. The molecule has 1 aliphatic heterocycles. The summed E-state index contributed by atoms with van der Waals surface area (Å²) in [5, 5.41) is 10.2. The Morgan fingerprint density at radius 3 is 2.44 bits per heavy atom. The van der Waals surface area contributed by atoms with Crippen molar-refractivity contribution < 1.29 is 0 Å². The summed E-state index contributed by atoms with van der Waals surface area (Å²) in [7, 11) is 4.41. The predicted octanol–water partition coefficient (Wildman–Crippen LogP) is 4.87. The number of imidazole rings is 1. The van der Waals surface area contributed by atoms with Crippen LogP contribution in [0.1, 0.15) is 24.0 Å². The average Bonchev–Trinajstić information content (AvgIpc) is 3.31. The third-order valence-electron chi connectivity index (χ3n) is 7.57. The smallest absolute Gasteiger partial charge is 0.157 e. The molecule has 1 saturated heterocycles. The minimum absolute atomic E-state index is 0.377. The quantitative estimate of drug-likeness (QED) is 0.474. The molecule has 2 fully saturated rings. The number of anilines is 1. The zero-order chi connectivity index (χ0) is 22.0. The summed E-state index contributed by atoms with van der Waals surface area (Å²) in [4.78, 5) is 9.89. The molecule has 2 aliphatic rings. The van der Waals surface area contributed by atoms with Crippen LogP contribution in [0.5, 0.6) is 0 Å². The van der Waals surface area contributed by atoms with Crippen LogP contribution in [0, 0.1) is 23.7 Å². The summed E-state index contributed by atoms with van der Waals surface area (Å²) in [6.45, 7) is 4.11. The number of hydrogen-bond donors (Lipinski definition) is 0. The Balaban J connectivity index is 1.72. The van der Waals surface area contributed by atoms with Gasteiger partial charge >= 0.3 is 0 Å². The molecule has 3 heterocycles. The summed E-state index contributed by atoms with van der Waals surface area (Å²) in [6.07, 6.45) is 2.58. The first-order valence-corrected chi connectivity index (χ1v) is 11.3. The number of hydrogen-bond acceptors (Lipinski definition) is 4. The maximum atomic E-state index is 10.2. The molecule has 1 aliphatic carbocycles. The Labute approximate surface area is 188 Å². The highest BCUT2D eigenvalue weighted by Gasteiger charge is 2.56. The van der Waals surface area contributed by atoms with E-state index in [-0.39, 0.29) is 0 Å². The van der Waals surface area contributed by atoms with E-state index >= 15 is 0 Å². The van der Waals surface area contributed by atoms with Crippen LogP contribution in [0.25, 0.3) is 27.8 Å². The van der Waals surface area contributed by atoms with Gasteiger partial charge in [0, 0.05) is 30.1 Å². The van der Waals surface area contributed by atoms with E-state index in [4.69, 9.17) is 4.98 Å². The van der Waals surface area contributed by atoms with Gasteiger partial charge in [-0.05, 0) is 57.1 Å². The summed E-state index contributed by atoms with van der Waals surface area (Å²) >= 11 is 0. The number of benzene rings is 2. The van der Waals surface area contributed by atoms with Crippen LogP contribution >= 0.6 is 0 Å². The molecule has 5 nitrogen and oxygen atoms in total. The highest BCUT2D eigenvalue weighted by atomic mass is 15.3. The Morgan fingerprint density at radius 2 is 1.78 bits per heavy atom. The Morgan fingerprint density at radius 1 is 1.06 bits per heavy atom. The second-order valence-electron chi connectivity index (χ2n) is 9.66.